The molecule has 0 amide bonds. The summed E-state index contributed by atoms with van der Waals surface area (Å²) in [7, 11) is 0. The molecule has 2 atom stereocenters. The normalized spacial score (nSPS) is 15.6. The summed E-state index contributed by atoms with van der Waals surface area (Å²) in [6.45, 7) is 1.55. The Bertz CT molecular complexity index is 448. The quantitative estimate of drug-likeness (QED) is 0.551. The van der Waals surface area contributed by atoms with Crippen LogP contribution < -0.4 is 0 Å². The number of carbonyl (C=O) groups is 1. The van der Waals surface area contributed by atoms with Crippen molar-refractivity contribution in [2.75, 3.05) is 0 Å². The van der Waals surface area contributed by atoms with Crippen molar-refractivity contribution in [1.82, 2.24) is 0 Å². The van der Waals surface area contributed by atoms with Crippen LogP contribution in [-0.4, -0.2) is 27.4 Å². The molecule has 1 aromatic carbocycles. The van der Waals surface area contributed by atoms with Crippen molar-refractivity contribution in [1.29, 1.82) is 0 Å². The Hall–Kier alpha value is -2.07. The van der Waals surface area contributed by atoms with Gasteiger partial charge in [0.05, 0.1) is 12.2 Å². The molecule has 2 unspecified atom stereocenters. The summed E-state index contributed by atoms with van der Waals surface area (Å²) >= 11 is 0. The second-order valence-electron chi connectivity index (χ2n) is 3.96. The largest absolute Gasteiger partial charge is 0.512 e. The molecule has 18 heavy (non-hydrogen) atoms. The Kier molecular flexibility index (Phi) is 5.14. The number of aliphatic carboxylic acids is 1. The topological polar surface area (TPSA) is 77.8 Å². The van der Waals surface area contributed by atoms with Gasteiger partial charge in [0.1, 0.15) is 5.76 Å². The number of rotatable bonds is 5. The molecule has 0 heterocycles. The Morgan fingerprint density at radius 2 is 1.83 bits per heavy atom. The summed E-state index contributed by atoms with van der Waals surface area (Å²) in [5.74, 6) is -2.26. The van der Waals surface area contributed by atoms with Gasteiger partial charge in [-0.05, 0) is 5.56 Å². The van der Waals surface area contributed by atoms with E-state index in [2.05, 4.69) is 0 Å². The lowest BCUT2D eigenvalue weighted by atomic mass is 10.0. The van der Waals surface area contributed by atoms with Crippen LogP contribution in [0.4, 0.5) is 0 Å². The van der Waals surface area contributed by atoms with Crippen LogP contribution in [0.25, 0.3) is 6.08 Å². The van der Waals surface area contributed by atoms with Gasteiger partial charge in [0.25, 0.3) is 0 Å². The summed E-state index contributed by atoms with van der Waals surface area (Å²) < 4.78 is 0. The van der Waals surface area contributed by atoms with E-state index >= 15 is 0 Å². The predicted molar refractivity (Wildman–Crippen MR) is 69.0 cm³/mol. The minimum Gasteiger partial charge on any atom is -0.512 e. The fraction of sp³-hybridized carbons (Fsp3) is 0.214. The first-order chi connectivity index (χ1) is 8.50. The number of aliphatic hydroxyl groups is 2. The second kappa shape index (κ2) is 6.61. The highest BCUT2D eigenvalue weighted by molar-refractivity contribution is 5.80. The van der Waals surface area contributed by atoms with Gasteiger partial charge in [-0.15, -0.1) is 0 Å². The zero-order valence-corrected chi connectivity index (χ0v) is 10.0. The molecule has 4 nitrogen and oxygen atoms in total. The van der Waals surface area contributed by atoms with Crippen LogP contribution in [0.5, 0.6) is 0 Å². The van der Waals surface area contributed by atoms with Crippen LogP contribution >= 0.6 is 0 Å². The molecule has 96 valence electrons. The molecule has 3 N–H and O–H groups in total. The lowest BCUT2D eigenvalue weighted by molar-refractivity contribution is -0.131. The summed E-state index contributed by atoms with van der Waals surface area (Å²) in [4.78, 5) is 10.4. The van der Waals surface area contributed by atoms with Gasteiger partial charge in [-0.3, -0.25) is 0 Å². The van der Waals surface area contributed by atoms with Gasteiger partial charge in [0.2, 0.25) is 0 Å². The van der Waals surface area contributed by atoms with Crippen molar-refractivity contribution in [3.05, 3.63) is 53.8 Å². The van der Waals surface area contributed by atoms with Crippen LogP contribution in [0, 0.1) is 5.92 Å². The monoisotopic (exact) mass is 248 g/mol. The van der Waals surface area contributed by atoms with E-state index in [9.17, 15) is 15.0 Å². The van der Waals surface area contributed by atoms with Crippen LogP contribution in [0.2, 0.25) is 0 Å². The number of carboxylic acids is 1. The Morgan fingerprint density at radius 3 is 2.39 bits per heavy atom. The predicted octanol–water partition coefficient (Wildman–Crippen LogP) is 2.22. The van der Waals surface area contributed by atoms with E-state index in [0.717, 1.165) is 5.56 Å². The summed E-state index contributed by atoms with van der Waals surface area (Å²) in [5, 5.41) is 27.7. The molecule has 0 aliphatic carbocycles. The molecule has 0 aliphatic heterocycles. The second-order valence-corrected chi connectivity index (χ2v) is 3.96. The first kappa shape index (κ1) is 14.0. The highest BCUT2D eigenvalue weighted by Gasteiger charge is 2.16. The van der Waals surface area contributed by atoms with Crippen molar-refractivity contribution in [2.45, 2.75) is 13.0 Å². The Labute approximate surface area is 106 Å². The lowest BCUT2D eigenvalue weighted by Crippen LogP contribution is -2.17. The molecule has 0 saturated carbocycles. The molecule has 0 spiro atoms. The molecular weight excluding hydrogens is 232 g/mol. The summed E-state index contributed by atoms with van der Waals surface area (Å²) in [6, 6.07) is 9.38. The van der Waals surface area contributed by atoms with Crippen LogP contribution in [-0.2, 0) is 4.79 Å². The number of hydrogen-bond donors (Lipinski definition) is 3. The van der Waals surface area contributed by atoms with E-state index in [1.54, 1.807) is 13.0 Å². The van der Waals surface area contributed by atoms with Gasteiger partial charge in [-0.2, -0.15) is 0 Å². The van der Waals surface area contributed by atoms with Crippen molar-refractivity contribution in [3.8, 4) is 0 Å². The lowest BCUT2D eigenvalue weighted by Gasteiger charge is -2.14. The zero-order valence-electron chi connectivity index (χ0n) is 10.0. The van der Waals surface area contributed by atoms with Crippen LogP contribution in [0.15, 0.2) is 48.2 Å². The number of carboxylic acid groups (broad SMARTS) is 1. The average molecular weight is 248 g/mol. The summed E-state index contributed by atoms with van der Waals surface area (Å²) in [6.07, 6.45) is 2.98. The first-order valence-electron chi connectivity index (χ1n) is 5.55. The van der Waals surface area contributed by atoms with Crippen molar-refractivity contribution in [3.63, 3.8) is 0 Å². The van der Waals surface area contributed by atoms with E-state index in [-0.39, 0.29) is 5.76 Å². The molecule has 0 bridgehead atoms. The van der Waals surface area contributed by atoms with Gasteiger partial charge in [-0.25, -0.2) is 4.79 Å². The molecule has 4 heteroatoms. The standard InChI is InChI=1S/C14H16O4/c1-10(13(16)9-14(17)18)12(15)8-7-11-5-3-2-4-6-11/h2-10,12,15-16H,1H3,(H,17,18)/b8-7+,13-9-. The number of benzene rings is 1. The van der Waals surface area contributed by atoms with Crippen molar-refractivity contribution >= 4 is 12.0 Å². The molecule has 0 radical (unpaired) electrons. The minimum absolute atomic E-state index is 0.354. The Balaban J connectivity index is 2.68. The van der Waals surface area contributed by atoms with Gasteiger partial charge in [-0.1, -0.05) is 49.4 Å². The highest BCUT2D eigenvalue weighted by Crippen LogP contribution is 2.14. The maximum Gasteiger partial charge on any atom is 0.331 e. The van der Waals surface area contributed by atoms with Crippen molar-refractivity contribution < 1.29 is 20.1 Å². The van der Waals surface area contributed by atoms with Gasteiger partial charge in [0.15, 0.2) is 0 Å². The van der Waals surface area contributed by atoms with E-state index in [4.69, 9.17) is 5.11 Å². The molecule has 0 aliphatic rings. The molecule has 0 aromatic heterocycles. The average Bonchev–Trinajstić information content (AvgIpc) is 2.35. The highest BCUT2D eigenvalue weighted by atomic mass is 16.4. The fourth-order valence-electron chi connectivity index (χ4n) is 1.37. The maximum absolute atomic E-state index is 10.4. The van der Waals surface area contributed by atoms with E-state index in [1.807, 2.05) is 30.3 Å². The van der Waals surface area contributed by atoms with E-state index in [1.165, 1.54) is 6.08 Å². The molecular formula is C14H16O4. The maximum atomic E-state index is 10.4. The summed E-state index contributed by atoms with van der Waals surface area (Å²) in [5.41, 5.74) is 0.922. The molecule has 1 aromatic rings. The fourth-order valence-corrected chi connectivity index (χ4v) is 1.37. The molecule has 0 saturated heterocycles. The third-order valence-corrected chi connectivity index (χ3v) is 2.54. The SMILES string of the molecule is CC(/C(O)=C/C(=O)O)C(O)/C=C/c1ccccc1. The van der Waals surface area contributed by atoms with Crippen molar-refractivity contribution in [2.24, 2.45) is 5.92 Å². The van der Waals surface area contributed by atoms with Gasteiger partial charge >= 0.3 is 5.97 Å². The minimum atomic E-state index is -1.24. The number of hydrogen-bond acceptors (Lipinski definition) is 3. The van der Waals surface area contributed by atoms with E-state index < -0.39 is 18.0 Å². The third-order valence-electron chi connectivity index (χ3n) is 2.54. The van der Waals surface area contributed by atoms with Gasteiger partial charge in [0, 0.05) is 5.92 Å². The Morgan fingerprint density at radius 1 is 1.22 bits per heavy atom. The van der Waals surface area contributed by atoms with Crippen LogP contribution in [0.1, 0.15) is 12.5 Å². The number of aliphatic hydroxyl groups excluding tert-OH is 2. The van der Waals surface area contributed by atoms with Gasteiger partial charge < -0.3 is 15.3 Å². The first-order valence-corrected chi connectivity index (χ1v) is 5.55. The third kappa shape index (κ3) is 4.43. The zero-order chi connectivity index (χ0) is 13.5. The smallest absolute Gasteiger partial charge is 0.331 e. The molecule has 1 rings (SSSR count). The van der Waals surface area contributed by atoms with E-state index in [0.29, 0.717) is 6.08 Å². The molecule has 0 fully saturated rings. The van der Waals surface area contributed by atoms with Crippen LogP contribution in [0.3, 0.4) is 0 Å².